The van der Waals surface area contributed by atoms with Crippen molar-refractivity contribution in [3.8, 4) is 0 Å². The van der Waals surface area contributed by atoms with Crippen LogP contribution in [0.5, 0.6) is 0 Å². The first-order valence-corrected chi connectivity index (χ1v) is 7.64. The monoisotopic (exact) mass is 344 g/mol. The van der Waals surface area contributed by atoms with Gasteiger partial charge in [-0.25, -0.2) is 4.68 Å². The lowest BCUT2D eigenvalue weighted by Crippen LogP contribution is -2.50. The fourth-order valence-electron chi connectivity index (χ4n) is 3.11. The molecule has 0 aliphatic carbocycles. The van der Waals surface area contributed by atoms with E-state index in [4.69, 9.17) is 0 Å². The minimum atomic E-state index is -4.45. The number of likely N-dealkylation sites (tertiary alicyclic amines) is 1. The molecule has 1 atom stereocenters. The number of β-amino-alcohol motifs (C(OH)–C–C–N with tert-alkyl or cyclic N) is 1. The molecule has 0 aromatic carbocycles. The summed E-state index contributed by atoms with van der Waals surface area (Å²) in [5.74, 6) is 0. The summed E-state index contributed by atoms with van der Waals surface area (Å²) in [6, 6.07) is 1.06. The van der Waals surface area contributed by atoms with Gasteiger partial charge in [-0.05, 0) is 25.5 Å². The molecule has 0 radical (unpaired) electrons. The zero-order valence-corrected chi connectivity index (χ0v) is 13.2. The molecule has 3 heterocycles. The van der Waals surface area contributed by atoms with Gasteiger partial charge in [0, 0.05) is 26.3 Å². The highest BCUT2D eigenvalue weighted by Gasteiger charge is 2.36. The van der Waals surface area contributed by atoms with Crippen LogP contribution in [0.4, 0.5) is 13.2 Å². The van der Waals surface area contributed by atoms with Crippen LogP contribution in [-0.4, -0.2) is 53.5 Å². The number of halogens is 3. The van der Waals surface area contributed by atoms with Gasteiger partial charge in [0.25, 0.3) is 0 Å². The van der Waals surface area contributed by atoms with Crippen LogP contribution in [0.2, 0.25) is 0 Å². The van der Waals surface area contributed by atoms with Crippen LogP contribution in [0.25, 0.3) is 0 Å². The van der Waals surface area contributed by atoms with Crippen molar-refractivity contribution in [3.05, 3.63) is 29.8 Å². The second kappa shape index (κ2) is 6.17. The Morgan fingerprint density at radius 1 is 1.38 bits per heavy atom. The third kappa shape index (κ3) is 3.75. The number of rotatable bonds is 4. The summed E-state index contributed by atoms with van der Waals surface area (Å²) in [6.07, 6.45) is 0.134. The molecule has 7 nitrogen and oxygen atoms in total. The highest BCUT2D eigenvalue weighted by Crippen LogP contribution is 2.29. The molecule has 0 amide bonds. The van der Waals surface area contributed by atoms with E-state index >= 15 is 0 Å². The van der Waals surface area contributed by atoms with Gasteiger partial charge in [-0.1, -0.05) is 5.21 Å². The lowest BCUT2D eigenvalue weighted by atomic mass is 9.92. The van der Waals surface area contributed by atoms with Crippen molar-refractivity contribution in [2.45, 2.75) is 37.7 Å². The zero-order chi connectivity index (χ0) is 17.4. The smallest absolute Gasteiger partial charge is 0.387 e. The van der Waals surface area contributed by atoms with E-state index in [0.717, 1.165) is 12.5 Å². The number of aryl methyl sites for hydroxylation is 1. The van der Waals surface area contributed by atoms with Gasteiger partial charge in [-0.2, -0.15) is 18.3 Å². The number of alkyl halides is 3. The van der Waals surface area contributed by atoms with Gasteiger partial charge in [0.05, 0.1) is 24.0 Å². The highest BCUT2D eigenvalue weighted by molar-refractivity contribution is 5.13. The topological polar surface area (TPSA) is 72.0 Å². The van der Waals surface area contributed by atoms with E-state index in [1.807, 2.05) is 4.90 Å². The Balaban J connectivity index is 1.68. The van der Waals surface area contributed by atoms with E-state index in [2.05, 4.69) is 15.4 Å². The molecular formula is C14H19F3N6O. The molecule has 1 fully saturated rings. The van der Waals surface area contributed by atoms with E-state index in [0.29, 0.717) is 38.3 Å². The molecule has 132 valence electrons. The quantitative estimate of drug-likeness (QED) is 0.898. The Labute approximate surface area is 136 Å². The van der Waals surface area contributed by atoms with E-state index in [1.54, 1.807) is 10.9 Å². The molecule has 1 unspecified atom stereocenters. The molecule has 0 saturated carbocycles. The largest absolute Gasteiger partial charge is 0.435 e. The molecule has 1 saturated heterocycles. The maximum atomic E-state index is 12.7. The number of hydrogen-bond acceptors (Lipinski definition) is 5. The number of nitrogens with zero attached hydrogens (tertiary/aromatic N) is 6. The summed E-state index contributed by atoms with van der Waals surface area (Å²) in [5.41, 5.74) is -1.40. The maximum absolute atomic E-state index is 12.7. The summed E-state index contributed by atoms with van der Waals surface area (Å²) < 4.78 is 41.1. The molecule has 24 heavy (non-hydrogen) atoms. The van der Waals surface area contributed by atoms with E-state index in [9.17, 15) is 18.3 Å². The second-order valence-electron chi connectivity index (χ2n) is 6.28. The molecule has 1 N–H and O–H groups in total. The minimum absolute atomic E-state index is 0.305. The van der Waals surface area contributed by atoms with Crippen molar-refractivity contribution in [1.29, 1.82) is 0 Å². The number of piperidine rings is 1. The molecule has 1 aliphatic heterocycles. The summed E-state index contributed by atoms with van der Waals surface area (Å²) in [4.78, 5) is 1.94. The van der Waals surface area contributed by atoms with Crippen LogP contribution >= 0.6 is 0 Å². The normalized spacial score (nSPS) is 22.9. The Morgan fingerprint density at radius 3 is 2.79 bits per heavy atom. The highest BCUT2D eigenvalue weighted by atomic mass is 19.4. The fraction of sp³-hybridized carbons (Fsp3) is 0.643. The molecule has 0 spiro atoms. The average molecular weight is 344 g/mol. The molecule has 0 bridgehead atoms. The van der Waals surface area contributed by atoms with E-state index < -0.39 is 17.5 Å². The van der Waals surface area contributed by atoms with Crippen LogP contribution in [0, 0.1) is 0 Å². The molecule has 2 aromatic rings. The lowest BCUT2D eigenvalue weighted by molar-refractivity contribution is -0.141. The van der Waals surface area contributed by atoms with Crippen LogP contribution in [-0.2, 0) is 26.3 Å². The number of hydrogen-bond donors (Lipinski definition) is 1. The molecule has 2 aromatic heterocycles. The zero-order valence-electron chi connectivity index (χ0n) is 13.2. The van der Waals surface area contributed by atoms with Crippen molar-refractivity contribution >= 4 is 0 Å². The van der Waals surface area contributed by atoms with Gasteiger partial charge < -0.3 is 5.11 Å². The van der Waals surface area contributed by atoms with Crippen LogP contribution < -0.4 is 0 Å². The summed E-state index contributed by atoms with van der Waals surface area (Å²) in [5, 5.41) is 21.9. The first kappa shape index (κ1) is 16.9. The van der Waals surface area contributed by atoms with Crippen LogP contribution in [0.1, 0.15) is 24.2 Å². The van der Waals surface area contributed by atoms with Crippen molar-refractivity contribution in [2.24, 2.45) is 7.05 Å². The summed E-state index contributed by atoms with van der Waals surface area (Å²) in [6.45, 7) is 1.69. The number of aliphatic hydroxyl groups is 1. The Bertz CT molecular complexity index is 683. The minimum Gasteiger partial charge on any atom is -0.387 e. The van der Waals surface area contributed by atoms with Gasteiger partial charge in [0.2, 0.25) is 0 Å². The third-order valence-electron chi connectivity index (χ3n) is 4.22. The van der Waals surface area contributed by atoms with Crippen molar-refractivity contribution in [2.75, 3.05) is 13.1 Å². The summed E-state index contributed by atoms with van der Waals surface area (Å²) in [7, 11) is 1.50. The van der Waals surface area contributed by atoms with Gasteiger partial charge in [-0.15, -0.1) is 5.10 Å². The van der Waals surface area contributed by atoms with Gasteiger partial charge in [0.1, 0.15) is 0 Å². The molecule has 10 heteroatoms. The Kier molecular flexibility index (Phi) is 4.35. The van der Waals surface area contributed by atoms with Crippen molar-refractivity contribution in [3.63, 3.8) is 0 Å². The molecular weight excluding hydrogens is 325 g/mol. The summed E-state index contributed by atoms with van der Waals surface area (Å²) >= 11 is 0. The Morgan fingerprint density at radius 2 is 2.17 bits per heavy atom. The first-order valence-electron chi connectivity index (χ1n) is 7.64. The third-order valence-corrected chi connectivity index (χ3v) is 4.22. The number of aromatic nitrogens is 5. The van der Waals surface area contributed by atoms with Crippen LogP contribution in [0.3, 0.4) is 0 Å². The first-order chi connectivity index (χ1) is 11.3. The standard InChI is InChI=1S/C14H19F3N6O/c1-21-11(7-12(19-21)14(15,16)17)8-22-5-2-3-13(24,9-22)10-23-6-4-18-20-23/h4,6-7,24H,2-3,5,8-10H2,1H3. The molecule has 1 aliphatic rings. The van der Waals surface area contributed by atoms with Gasteiger partial charge in [0.15, 0.2) is 5.69 Å². The molecule has 3 rings (SSSR count). The average Bonchev–Trinajstić information content (AvgIpc) is 3.08. The predicted octanol–water partition coefficient (Wildman–Crippen LogP) is 1.06. The Hall–Kier alpha value is -1.94. The second-order valence-corrected chi connectivity index (χ2v) is 6.28. The van der Waals surface area contributed by atoms with E-state index in [-0.39, 0.29) is 0 Å². The van der Waals surface area contributed by atoms with Crippen LogP contribution in [0.15, 0.2) is 18.5 Å². The van der Waals surface area contributed by atoms with Crippen molar-refractivity contribution in [1.82, 2.24) is 29.7 Å². The fourth-order valence-corrected chi connectivity index (χ4v) is 3.11. The maximum Gasteiger partial charge on any atom is 0.435 e. The SMILES string of the molecule is Cn1nc(C(F)(F)F)cc1CN1CCCC(O)(Cn2ccnn2)C1. The predicted molar refractivity (Wildman–Crippen MR) is 77.7 cm³/mol. The van der Waals surface area contributed by atoms with Gasteiger partial charge >= 0.3 is 6.18 Å². The lowest BCUT2D eigenvalue weighted by Gasteiger charge is -2.39. The van der Waals surface area contributed by atoms with Crippen molar-refractivity contribution < 1.29 is 18.3 Å². The van der Waals surface area contributed by atoms with E-state index in [1.165, 1.54) is 17.9 Å². The van der Waals surface area contributed by atoms with Gasteiger partial charge in [-0.3, -0.25) is 9.58 Å².